The van der Waals surface area contributed by atoms with Crippen LogP contribution in [0.25, 0.3) is 11.3 Å². The van der Waals surface area contributed by atoms with E-state index >= 15 is 0 Å². The summed E-state index contributed by atoms with van der Waals surface area (Å²) in [6.45, 7) is 2.93. The molecule has 0 saturated carbocycles. The van der Waals surface area contributed by atoms with E-state index in [1.54, 1.807) is 31.2 Å². The summed E-state index contributed by atoms with van der Waals surface area (Å²) < 4.78 is 6.26. The van der Waals surface area contributed by atoms with Gasteiger partial charge in [0.15, 0.2) is 0 Å². The second-order valence-electron chi connectivity index (χ2n) is 7.28. The van der Waals surface area contributed by atoms with Crippen molar-refractivity contribution in [3.63, 3.8) is 0 Å². The van der Waals surface area contributed by atoms with Crippen molar-refractivity contribution in [3.05, 3.63) is 82.1 Å². The Kier molecular flexibility index (Phi) is 8.31. The van der Waals surface area contributed by atoms with Crippen molar-refractivity contribution >= 4 is 17.7 Å². The Morgan fingerprint density at radius 3 is 2.64 bits per heavy atom. The molecular formula is C24H27N5O4. The molecule has 9 heteroatoms. The van der Waals surface area contributed by atoms with Crippen molar-refractivity contribution in [2.75, 3.05) is 18.5 Å². The lowest BCUT2D eigenvalue weighted by atomic mass is 10.1. The molecule has 0 spiro atoms. The molecule has 2 aromatic carbocycles. The standard InChI is InChI=1S/C24H27N5O4/c1-2-33-24(32)27-20-8-4-6-18(14-20)16-29-23(31)10-9-21(28-29)19-7-3-5-17(13-19)15-26-22(30)11-12-25/h3-10,13-14H,2,11-12,15-16,25H2,1H3,(H,26,30)(H,27,32). The van der Waals surface area contributed by atoms with Crippen molar-refractivity contribution in [2.24, 2.45) is 5.73 Å². The maximum absolute atomic E-state index is 12.4. The Morgan fingerprint density at radius 2 is 1.85 bits per heavy atom. The Morgan fingerprint density at radius 1 is 1.06 bits per heavy atom. The van der Waals surface area contributed by atoms with Crippen LogP contribution in [0.2, 0.25) is 0 Å². The molecule has 2 amide bonds. The van der Waals surface area contributed by atoms with Crippen LogP contribution in [0.3, 0.4) is 0 Å². The first kappa shape index (κ1) is 23.7. The number of ether oxygens (including phenoxy) is 1. The fourth-order valence-corrected chi connectivity index (χ4v) is 3.18. The Bertz CT molecular complexity index is 1180. The highest BCUT2D eigenvalue weighted by atomic mass is 16.5. The van der Waals surface area contributed by atoms with Gasteiger partial charge in [0.05, 0.1) is 18.8 Å². The number of nitrogens with zero attached hydrogens (tertiary/aromatic N) is 2. The van der Waals surface area contributed by atoms with Crippen molar-refractivity contribution in [1.29, 1.82) is 0 Å². The number of rotatable bonds is 9. The van der Waals surface area contributed by atoms with Gasteiger partial charge in [-0.2, -0.15) is 5.10 Å². The lowest BCUT2D eigenvalue weighted by Gasteiger charge is -2.10. The molecule has 3 rings (SSSR count). The SMILES string of the molecule is CCOC(=O)Nc1cccc(Cn2nc(-c3cccc(CNC(=O)CCN)c3)ccc2=O)c1. The van der Waals surface area contributed by atoms with Crippen molar-refractivity contribution < 1.29 is 14.3 Å². The summed E-state index contributed by atoms with van der Waals surface area (Å²) in [6.07, 6.45) is -0.256. The van der Waals surface area contributed by atoms with E-state index in [9.17, 15) is 14.4 Å². The van der Waals surface area contributed by atoms with E-state index in [1.807, 2.05) is 30.3 Å². The summed E-state index contributed by atoms with van der Waals surface area (Å²) in [7, 11) is 0. The summed E-state index contributed by atoms with van der Waals surface area (Å²) in [5.74, 6) is -0.103. The first-order chi connectivity index (χ1) is 16.0. The third-order valence-corrected chi connectivity index (χ3v) is 4.73. The van der Waals surface area contributed by atoms with Crippen LogP contribution in [-0.4, -0.2) is 34.9 Å². The molecule has 1 aromatic heterocycles. The second kappa shape index (κ2) is 11.6. The van der Waals surface area contributed by atoms with Crippen molar-refractivity contribution in [3.8, 4) is 11.3 Å². The quantitative estimate of drug-likeness (QED) is 0.460. The van der Waals surface area contributed by atoms with E-state index < -0.39 is 6.09 Å². The van der Waals surface area contributed by atoms with Crippen LogP contribution >= 0.6 is 0 Å². The van der Waals surface area contributed by atoms with Crippen LogP contribution in [0.4, 0.5) is 10.5 Å². The first-order valence-corrected chi connectivity index (χ1v) is 10.7. The van der Waals surface area contributed by atoms with Crippen LogP contribution in [0, 0.1) is 0 Å². The van der Waals surface area contributed by atoms with E-state index in [2.05, 4.69) is 15.7 Å². The fraction of sp³-hybridized carbons (Fsp3) is 0.250. The molecule has 33 heavy (non-hydrogen) atoms. The molecule has 3 aromatic rings. The maximum atomic E-state index is 12.4. The van der Waals surface area contributed by atoms with Gasteiger partial charge >= 0.3 is 6.09 Å². The molecule has 0 unspecified atom stereocenters. The Labute approximate surface area is 191 Å². The second-order valence-corrected chi connectivity index (χ2v) is 7.28. The molecule has 0 saturated heterocycles. The van der Waals surface area contributed by atoms with Gasteiger partial charge in [-0.25, -0.2) is 9.48 Å². The minimum Gasteiger partial charge on any atom is -0.450 e. The number of amides is 2. The highest BCUT2D eigenvalue weighted by Gasteiger charge is 2.08. The summed E-state index contributed by atoms with van der Waals surface area (Å²) in [5.41, 5.74) is 8.89. The zero-order valence-corrected chi connectivity index (χ0v) is 18.4. The maximum Gasteiger partial charge on any atom is 0.411 e. The zero-order valence-electron chi connectivity index (χ0n) is 18.4. The molecule has 0 radical (unpaired) electrons. The van der Waals surface area contributed by atoms with Crippen molar-refractivity contribution in [1.82, 2.24) is 15.1 Å². The van der Waals surface area contributed by atoms with Gasteiger partial charge in [0, 0.05) is 36.8 Å². The number of anilines is 1. The monoisotopic (exact) mass is 449 g/mol. The molecule has 172 valence electrons. The number of hydrogen-bond acceptors (Lipinski definition) is 6. The molecule has 0 fully saturated rings. The number of nitrogens with two attached hydrogens (primary N) is 1. The number of hydrogen-bond donors (Lipinski definition) is 3. The van der Waals surface area contributed by atoms with Gasteiger partial charge in [-0.3, -0.25) is 14.9 Å². The minimum atomic E-state index is -0.536. The van der Waals surface area contributed by atoms with E-state index in [-0.39, 0.29) is 31.0 Å². The van der Waals surface area contributed by atoms with Gasteiger partial charge in [0.2, 0.25) is 5.91 Å². The average Bonchev–Trinajstić information content (AvgIpc) is 2.80. The topological polar surface area (TPSA) is 128 Å². The third-order valence-electron chi connectivity index (χ3n) is 4.73. The largest absolute Gasteiger partial charge is 0.450 e. The van der Waals surface area contributed by atoms with Gasteiger partial charge in [-0.15, -0.1) is 0 Å². The van der Waals surface area contributed by atoms with Crippen LogP contribution in [-0.2, 0) is 22.6 Å². The Balaban J connectivity index is 1.77. The molecule has 0 aliphatic rings. The number of nitrogens with one attached hydrogen (secondary N) is 2. The molecule has 9 nitrogen and oxygen atoms in total. The molecule has 0 aliphatic heterocycles. The fourth-order valence-electron chi connectivity index (χ4n) is 3.18. The van der Waals surface area contributed by atoms with E-state index in [0.717, 1.165) is 16.7 Å². The van der Waals surface area contributed by atoms with E-state index in [0.29, 0.717) is 24.5 Å². The highest BCUT2D eigenvalue weighted by Crippen LogP contribution is 2.18. The molecule has 0 bridgehead atoms. The molecule has 1 heterocycles. The van der Waals surface area contributed by atoms with Crippen LogP contribution in [0.15, 0.2) is 65.5 Å². The van der Waals surface area contributed by atoms with Crippen molar-refractivity contribution in [2.45, 2.75) is 26.4 Å². The van der Waals surface area contributed by atoms with Gasteiger partial charge in [-0.1, -0.05) is 30.3 Å². The van der Waals surface area contributed by atoms with Crippen LogP contribution in [0.1, 0.15) is 24.5 Å². The smallest absolute Gasteiger partial charge is 0.411 e. The lowest BCUT2D eigenvalue weighted by molar-refractivity contribution is -0.121. The zero-order chi connectivity index (χ0) is 23.6. The average molecular weight is 450 g/mol. The van der Waals surface area contributed by atoms with Gasteiger partial charge in [0.25, 0.3) is 5.56 Å². The molecule has 0 aliphatic carbocycles. The predicted molar refractivity (Wildman–Crippen MR) is 126 cm³/mol. The summed E-state index contributed by atoms with van der Waals surface area (Å²) in [5, 5.41) is 9.99. The van der Waals surface area contributed by atoms with E-state index in [4.69, 9.17) is 10.5 Å². The molecular weight excluding hydrogens is 422 g/mol. The van der Waals surface area contributed by atoms with E-state index in [1.165, 1.54) is 10.7 Å². The number of carbonyl (C=O) groups is 2. The van der Waals surface area contributed by atoms with Gasteiger partial charge < -0.3 is 15.8 Å². The summed E-state index contributed by atoms with van der Waals surface area (Å²) in [6, 6.07) is 17.9. The summed E-state index contributed by atoms with van der Waals surface area (Å²) >= 11 is 0. The first-order valence-electron chi connectivity index (χ1n) is 10.7. The molecule has 4 N–H and O–H groups in total. The van der Waals surface area contributed by atoms with Gasteiger partial charge in [0.1, 0.15) is 0 Å². The third kappa shape index (κ3) is 7.01. The number of benzene rings is 2. The lowest BCUT2D eigenvalue weighted by Crippen LogP contribution is -2.25. The summed E-state index contributed by atoms with van der Waals surface area (Å²) in [4.78, 5) is 35.7. The Hall–Kier alpha value is -3.98. The molecule has 0 atom stereocenters. The van der Waals surface area contributed by atoms with Crippen LogP contribution in [0.5, 0.6) is 0 Å². The number of carbonyl (C=O) groups excluding carboxylic acids is 2. The van der Waals surface area contributed by atoms with Gasteiger partial charge in [-0.05, 0) is 42.3 Å². The predicted octanol–water partition coefficient (Wildman–Crippen LogP) is 2.49. The highest BCUT2D eigenvalue weighted by molar-refractivity contribution is 5.84. The number of aromatic nitrogens is 2. The normalized spacial score (nSPS) is 10.5. The van der Waals surface area contributed by atoms with Crippen LogP contribution < -0.4 is 21.9 Å². The minimum absolute atomic E-state index is 0.103.